The zero-order chi connectivity index (χ0) is 62.8. The number of para-hydroxylation sites is 3. The van der Waals surface area contributed by atoms with Crippen LogP contribution in [-0.4, -0.2) is 12.1 Å². The topological polar surface area (TPSA) is 13.0 Å². The lowest BCUT2D eigenvalue weighted by Crippen LogP contribution is -2.30. The van der Waals surface area contributed by atoms with Crippen LogP contribution in [0.2, 0.25) is 0 Å². The van der Waals surface area contributed by atoms with E-state index < -0.39 is 0 Å². The average molecular weight is 1210 g/mol. The van der Waals surface area contributed by atoms with Crippen LogP contribution in [0.25, 0.3) is 61.2 Å². The van der Waals surface area contributed by atoms with Crippen LogP contribution < -0.4 is 19.6 Å². The smallest absolute Gasteiger partial charge is 0.0560 e. The van der Waals surface area contributed by atoms with Gasteiger partial charge in [-0.1, -0.05) is 267 Å². The summed E-state index contributed by atoms with van der Waals surface area (Å²) >= 11 is 0. The third-order valence-electron chi connectivity index (χ3n) is 18.1. The third kappa shape index (κ3) is 12.7. The molecule has 0 bridgehead atoms. The summed E-state index contributed by atoms with van der Waals surface area (Å²) in [5.41, 5.74) is 25.6. The Hall–Kier alpha value is -12.0. The predicted octanol–water partition coefficient (Wildman–Crippen LogP) is 24.5. The van der Waals surface area contributed by atoms with Gasteiger partial charge in [0.1, 0.15) is 0 Å². The minimum Gasteiger partial charge on any atom is -0.334 e. The van der Waals surface area contributed by atoms with Crippen LogP contribution >= 0.6 is 0 Å². The van der Waals surface area contributed by atoms with Crippen molar-refractivity contribution in [2.45, 2.75) is 24.9 Å². The van der Waals surface area contributed by atoms with Gasteiger partial charge in [-0.2, -0.15) is 0 Å². The molecule has 13 aromatic rings. The molecular weight excluding hydrogens is 1140 g/mol. The first-order valence-corrected chi connectivity index (χ1v) is 32.6. The Morgan fingerprint density at radius 1 is 0.202 bits per heavy atom. The van der Waals surface area contributed by atoms with Gasteiger partial charge >= 0.3 is 0 Å². The molecule has 2 aliphatic carbocycles. The van der Waals surface area contributed by atoms with Crippen molar-refractivity contribution in [2.24, 2.45) is 0 Å². The maximum Gasteiger partial charge on any atom is 0.0560 e. The molecule has 0 radical (unpaired) electrons. The molecule has 0 aromatic heterocycles. The van der Waals surface area contributed by atoms with Gasteiger partial charge in [-0.05, 0) is 201 Å². The molecule has 94 heavy (non-hydrogen) atoms. The molecule has 13 aromatic carbocycles. The lowest BCUT2D eigenvalue weighted by atomic mass is 9.94. The standard InChI is InChI=1S/C90H70N4/c1-7-19-67(20-8-1)71-35-51-83(52-36-71)91(79-23-11-3-12-24-79)87-59-43-75(44-60-87)77-47-63-89(64-48-77)93(81-27-15-5-16-28-81)85-55-39-73(40-56-85)69-31-33-70(34-32-69)74-41-57-86(58-42-74)94(82-29-17-6-18-30-82)90-65-49-78(50-66-90)76-45-61-88(62-46-76)92(80-25-13-4-14-26-80)84-53-37-72(38-54-84)68-21-9-2-10-22-68/h1-29,31-55,57-66,82,85H,30,56H2. The van der Waals surface area contributed by atoms with E-state index in [2.05, 4.69) is 408 Å². The van der Waals surface area contributed by atoms with Crippen LogP contribution in [0.3, 0.4) is 0 Å². The molecule has 0 saturated heterocycles. The summed E-state index contributed by atoms with van der Waals surface area (Å²) in [7, 11) is 0. The molecule has 15 rings (SSSR count). The van der Waals surface area contributed by atoms with E-state index in [1.54, 1.807) is 0 Å². The van der Waals surface area contributed by atoms with Crippen molar-refractivity contribution >= 4 is 62.4 Å². The largest absolute Gasteiger partial charge is 0.334 e. The van der Waals surface area contributed by atoms with Crippen LogP contribution in [0.1, 0.15) is 18.4 Å². The minimum atomic E-state index is 0.142. The van der Waals surface area contributed by atoms with Crippen molar-refractivity contribution in [1.29, 1.82) is 0 Å². The normalized spacial score (nSPS) is 14.0. The summed E-state index contributed by atoms with van der Waals surface area (Å²) in [6, 6.07) is 125. The quantitative estimate of drug-likeness (QED) is 0.0849. The molecule has 2 unspecified atom stereocenters. The van der Waals surface area contributed by atoms with E-state index in [1.165, 1.54) is 72.5 Å². The summed E-state index contributed by atoms with van der Waals surface area (Å²) < 4.78 is 0. The fourth-order valence-corrected chi connectivity index (χ4v) is 13.2. The molecule has 4 nitrogen and oxygen atoms in total. The Morgan fingerprint density at radius 2 is 0.447 bits per heavy atom. The second-order valence-corrected chi connectivity index (χ2v) is 24.0. The fourth-order valence-electron chi connectivity index (χ4n) is 13.2. The first kappa shape index (κ1) is 58.4. The van der Waals surface area contributed by atoms with E-state index in [0.717, 1.165) is 64.0 Å². The number of allylic oxidation sites excluding steroid dienone is 4. The number of nitrogens with zero attached hydrogens (tertiary/aromatic N) is 4. The van der Waals surface area contributed by atoms with Gasteiger partial charge in [0.2, 0.25) is 0 Å². The lowest BCUT2D eigenvalue weighted by molar-refractivity contribution is 0.785. The van der Waals surface area contributed by atoms with E-state index in [1.807, 2.05) is 0 Å². The zero-order valence-corrected chi connectivity index (χ0v) is 52.3. The van der Waals surface area contributed by atoms with E-state index in [0.29, 0.717) is 0 Å². The predicted molar refractivity (Wildman–Crippen MR) is 399 cm³/mol. The summed E-state index contributed by atoms with van der Waals surface area (Å²) in [5.74, 6) is 0. The monoisotopic (exact) mass is 1210 g/mol. The van der Waals surface area contributed by atoms with Crippen LogP contribution in [-0.2, 0) is 0 Å². The Labute approximate surface area is 553 Å². The van der Waals surface area contributed by atoms with Crippen LogP contribution in [0.15, 0.2) is 388 Å². The van der Waals surface area contributed by atoms with Crippen molar-refractivity contribution < 1.29 is 0 Å². The molecule has 4 heteroatoms. The highest BCUT2D eigenvalue weighted by Gasteiger charge is 2.23. The maximum atomic E-state index is 2.47. The third-order valence-corrected chi connectivity index (χ3v) is 18.1. The highest BCUT2D eigenvalue weighted by molar-refractivity contribution is 5.84. The molecule has 0 amide bonds. The van der Waals surface area contributed by atoms with Gasteiger partial charge in [0.05, 0.1) is 12.1 Å². The van der Waals surface area contributed by atoms with Crippen molar-refractivity contribution in [3.63, 3.8) is 0 Å². The van der Waals surface area contributed by atoms with Gasteiger partial charge in [-0.3, -0.25) is 0 Å². The summed E-state index contributed by atoms with van der Waals surface area (Å²) in [6.07, 6.45) is 17.8. The van der Waals surface area contributed by atoms with E-state index in [9.17, 15) is 0 Å². The van der Waals surface area contributed by atoms with Gasteiger partial charge in [-0.15, -0.1) is 0 Å². The van der Waals surface area contributed by atoms with Crippen molar-refractivity contribution in [2.75, 3.05) is 19.6 Å². The maximum absolute atomic E-state index is 2.47. The second kappa shape index (κ2) is 27.2. The van der Waals surface area contributed by atoms with Crippen LogP contribution in [0, 0.1) is 0 Å². The minimum absolute atomic E-state index is 0.142. The molecule has 0 N–H and O–H groups in total. The SMILES string of the molecule is C1=CCC(N(c2ccc(-c3ccc(C4=CCC(N(c5ccccc5)c5ccc(-c6ccc(N(c7ccccc7)c7ccc(-c8ccccc8)cc7)cc6)cc5)C=C4)cc3)cc2)c2ccc(-c3ccc(N(c4ccccc4)c4ccc(-c5ccccc5)cc4)cc3)cc2)C=C1. The molecule has 0 saturated carbocycles. The number of hydrogen-bond donors (Lipinski definition) is 0. The number of anilines is 10. The number of hydrogen-bond acceptors (Lipinski definition) is 4. The van der Waals surface area contributed by atoms with Gasteiger partial charge in [0, 0.05) is 56.9 Å². The Bertz CT molecular complexity index is 4740. The molecule has 0 heterocycles. The summed E-state index contributed by atoms with van der Waals surface area (Å²) in [4.78, 5) is 9.58. The molecular formula is C90H70N4. The fraction of sp³-hybridized carbons (Fsp3) is 0.0444. The van der Waals surface area contributed by atoms with Gasteiger partial charge in [-0.25, -0.2) is 0 Å². The molecule has 2 atom stereocenters. The van der Waals surface area contributed by atoms with E-state index >= 15 is 0 Å². The second-order valence-electron chi connectivity index (χ2n) is 24.0. The van der Waals surface area contributed by atoms with Gasteiger partial charge in [0.25, 0.3) is 0 Å². The average Bonchev–Trinajstić information content (AvgIpc) is 0.950. The first-order chi connectivity index (χ1) is 46.6. The molecule has 0 aliphatic heterocycles. The van der Waals surface area contributed by atoms with Crippen molar-refractivity contribution in [3.05, 3.63) is 394 Å². The highest BCUT2D eigenvalue weighted by atomic mass is 15.2. The summed E-state index contributed by atoms with van der Waals surface area (Å²) in [6.45, 7) is 0. The van der Waals surface area contributed by atoms with Gasteiger partial charge in [0.15, 0.2) is 0 Å². The number of rotatable bonds is 18. The Balaban J connectivity index is 0.614. The van der Waals surface area contributed by atoms with Crippen LogP contribution in [0.4, 0.5) is 56.9 Å². The Morgan fingerprint density at radius 3 is 0.745 bits per heavy atom. The summed E-state index contributed by atoms with van der Waals surface area (Å²) in [5, 5.41) is 0. The zero-order valence-electron chi connectivity index (χ0n) is 52.3. The van der Waals surface area contributed by atoms with E-state index in [-0.39, 0.29) is 12.1 Å². The molecule has 2 aliphatic rings. The number of benzene rings is 13. The molecule has 0 fully saturated rings. The first-order valence-electron chi connectivity index (χ1n) is 32.6. The highest BCUT2D eigenvalue weighted by Crippen LogP contribution is 2.42. The Kier molecular flexibility index (Phi) is 16.9. The molecule has 0 spiro atoms. The van der Waals surface area contributed by atoms with Crippen molar-refractivity contribution in [3.8, 4) is 55.6 Å². The van der Waals surface area contributed by atoms with Crippen molar-refractivity contribution in [1.82, 2.24) is 0 Å². The van der Waals surface area contributed by atoms with Crippen LogP contribution in [0.5, 0.6) is 0 Å². The lowest BCUT2D eigenvalue weighted by Gasteiger charge is -2.33. The van der Waals surface area contributed by atoms with Gasteiger partial charge < -0.3 is 19.6 Å². The molecule has 450 valence electrons. The van der Waals surface area contributed by atoms with E-state index in [4.69, 9.17) is 0 Å².